The minimum atomic E-state index is -0.469. The number of carbonyl (C=O) groups excluding carboxylic acids is 1. The maximum atomic E-state index is 11.7. The molecule has 0 radical (unpaired) electrons. The number of ether oxygens (including phenoxy) is 3. The highest BCUT2D eigenvalue weighted by molar-refractivity contribution is 5.69. The van der Waals surface area contributed by atoms with Crippen LogP contribution in [0, 0.1) is 11.8 Å². The van der Waals surface area contributed by atoms with Gasteiger partial charge in [-0.1, -0.05) is 26.2 Å². The second kappa shape index (κ2) is 7.78. The van der Waals surface area contributed by atoms with Crippen molar-refractivity contribution in [2.75, 3.05) is 7.11 Å². The zero-order chi connectivity index (χ0) is 16.2. The van der Waals surface area contributed by atoms with Gasteiger partial charge in [-0.3, -0.25) is 4.79 Å². The van der Waals surface area contributed by atoms with Gasteiger partial charge in [0.1, 0.15) is 0 Å². The molecule has 1 heterocycles. The molecule has 1 saturated heterocycles. The number of methoxy groups -OCH3 is 1. The van der Waals surface area contributed by atoms with Crippen molar-refractivity contribution in [1.82, 2.24) is 0 Å². The van der Waals surface area contributed by atoms with Crippen molar-refractivity contribution in [1.29, 1.82) is 0 Å². The van der Waals surface area contributed by atoms with Crippen LogP contribution in [-0.2, 0) is 19.0 Å². The van der Waals surface area contributed by atoms with Crippen LogP contribution < -0.4 is 0 Å². The Hall–Kier alpha value is -0.610. The second-order valence-corrected chi connectivity index (χ2v) is 7.09. The molecule has 4 unspecified atom stereocenters. The molecule has 0 amide bonds. The summed E-state index contributed by atoms with van der Waals surface area (Å²) in [7, 11) is 1.47. The van der Waals surface area contributed by atoms with Crippen molar-refractivity contribution in [3.8, 4) is 0 Å². The van der Waals surface area contributed by atoms with Crippen LogP contribution in [0.25, 0.3) is 0 Å². The average Bonchev–Trinajstić information content (AvgIpc) is 2.76. The lowest BCUT2D eigenvalue weighted by Gasteiger charge is -2.45. The number of esters is 1. The molecule has 0 N–H and O–H groups in total. The Morgan fingerprint density at radius 3 is 2.50 bits per heavy atom. The zero-order valence-corrected chi connectivity index (χ0v) is 14.6. The lowest BCUT2D eigenvalue weighted by atomic mass is 9.85. The highest BCUT2D eigenvalue weighted by Gasteiger charge is 2.53. The van der Waals surface area contributed by atoms with E-state index < -0.39 is 5.79 Å². The molecule has 1 spiro atoms. The van der Waals surface area contributed by atoms with Gasteiger partial charge in [-0.25, -0.2) is 0 Å². The largest absolute Gasteiger partial charge is 0.469 e. The summed E-state index contributed by atoms with van der Waals surface area (Å²) in [5, 5.41) is 0. The van der Waals surface area contributed by atoms with E-state index in [1.54, 1.807) is 0 Å². The number of hydrogen-bond acceptors (Lipinski definition) is 4. The SMILES string of the molecule is CCCCCC1C(CC(=O)OC)CCC12OC(C)CC(C)O2. The Bertz CT molecular complexity index is 358. The van der Waals surface area contributed by atoms with Crippen LogP contribution in [0.2, 0.25) is 0 Å². The normalized spacial score (nSPS) is 38.4. The minimum Gasteiger partial charge on any atom is -0.469 e. The topological polar surface area (TPSA) is 44.8 Å². The molecule has 0 aromatic carbocycles. The molecule has 2 aliphatic rings. The van der Waals surface area contributed by atoms with Gasteiger partial charge in [-0.05, 0) is 39.0 Å². The van der Waals surface area contributed by atoms with Crippen LogP contribution in [0.1, 0.15) is 72.1 Å². The molecular formula is C18H32O4. The zero-order valence-electron chi connectivity index (χ0n) is 14.6. The monoisotopic (exact) mass is 312 g/mol. The lowest BCUT2D eigenvalue weighted by molar-refractivity contribution is -0.329. The highest BCUT2D eigenvalue weighted by Crippen LogP contribution is 2.50. The number of unbranched alkanes of at least 4 members (excludes halogenated alkanes) is 2. The molecule has 0 bridgehead atoms. The molecule has 2 fully saturated rings. The lowest BCUT2D eigenvalue weighted by Crippen LogP contribution is -2.50. The first-order chi connectivity index (χ1) is 10.5. The second-order valence-electron chi connectivity index (χ2n) is 7.09. The smallest absolute Gasteiger partial charge is 0.305 e. The molecule has 128 valence electrons. The number of rotatable bonds is 6. The molecule has 4 heteroatoms. The molecular weight excluding hydrogens is 280 g/mol. The summed E-state index contributed by atoms with van der Waals surface area (Å²) in [6.45, 7) is 6.49. The standard InChI is InChI=1S/C18H32O4/c1-5-6-7-8-16-15(12-17(19)20-4)9-10-18(16)21-13(2)11-14(3)22-18/h13-16H,5-12H2,1-4H3. The maximum absolute atomic E-state index is 11.7. The molecule has 1 aliphatic heterocycles. The summed E-state index contributed by atoms with van der Waals surface area (Å²) >= 11 is 0. The Morgan fingerprint density at radius 1 is 1.23 bits per heavy atom. The maximum Gasteiger partial charge on any atom is 0.305 e. The third kappa shape index (κ3) is 4.02. The van der Waals surface area contributed by atoms with Gasteiger partial charge in [-0.15, -0.1) is 0 Å². The fourth-order valence-corrected chi connectivity index (χ4v) is 4.31. The van der Waals surface area contributed by atoms with Gasteiger partial charge >= 0.3 is 5.97 Å². The first kappa shape index (κ1) is 17.7. The Balaban J connectivity index is 2.11. The fraction of sp³-hybridized carbons (Fsp3) is 0.944. The van der Waals surface area contributed by atoms with Crippen molar-refractivity contribution in [2.45, 2.75) is 90.1 Å². The van der Waals surface area contributed by atoms with Crippen LogP contribution in [0.3, 0.4) is 0 Å². The van der Waals surface area contributed by atoms with Gasteiger partial charge in [0.15, 0.2) is 5.79 Å². The summed E-state index contributed by atoms with van der Waals surface area (Å²) in [6.07, 6.45) is 8.48. The predicted octanol–water partition coefficient (Wildman–Crippen LogP) is 4.07. The summed E-state index contributed by atoms with van der Waals surface area (Å²) in [6, 6.07) is 0. The van der Waals surface area contributed by atoms with E-state index in [0.29, 0.717) is 18.3 Å². The van der Waals surface area contributed by atoms with Crippen LogP contribution in [0.4, 0.5) is 0 Å². The Morgan fingerprint density at radius 2 is 1.91 bits per heavy atom. The first-order valence-corrected chi connectivity index (χ1v) is 8.93. The molecule has 22 heavy (non-hydrogen) atoms. The van der Waals surface area contributed by atoms with Gasteiger partial charge < -0.3 is 14.2 Å². The molecule has 4 atom stereocenters. The Labute approximate surface area is 134 Å². The van der Waals surface area contributed by atoms with Crippen molar-refractivity contribution in [3.63, 3.8) is 0 Å². The molecule has 1 saturated carbocycles. The minimum absolute atomic E-state index is 0.112. The van der Waals surface area contributed by atoms with E-state index >= 15 is 0 Å². The predicted molar refractivity (Wildman–Crippen MR) is 85.4 cm³/mol. The van der Waals surface area contributed by atoms with E-state index in [9.17, 15) is 4.79 Å². The average molecular weight is 312 g/mol. The Kier molecular flexibility index (Phi) is 6.27. The van der Waals surface area contributed by atoms with Gasteiger partial charge in [0.25, 0.3) is 0 Å². The number of carbonyl (C=O) groups is 1. The summed E-state index contributed by atoms with van der Waals surface area (Å²) in [4.78, 5) is 11.7. The third-order valence-corrected chi connectivity index (χ3v) is 5.24. The molecule has 4 nitrogen and oxygen atoms in total. The van der Waals surface area contributed by atoms with Crippen molar-refractivity contribution >= 4 is 5.97 Å². The fourth-order valence-electron chi connectivity index (χ4n) is 4.31. The first-order valence-electron chi connectivity index (χ1n) is 8.93. The van der Waals surface area contributed by atoms with Crippen LogP contribution >= 0.6 is 0 Å². The quantitative estimate of drug-likeness (QED) is 0.548. The van der Waals surface area contributed by atoms with Gasteiger partial charge in [-0.2, -0.15) is 0 Å². The molecule has 2 rings (SSSR count). The van der Waals surface area contributed by atoms with E-state index in [0.717, 1.165) is 25.7 Å². The molecule has 1 aliphatic carbocycles. The summed E-state index contributed by atoms with van der Waals surface area (Å²) < 4.78 is 17.5. The van der Waals surface area contributed by atoms with E-state index in [4.69, 9.17) is 14.2 Å². The third-order valence-electron chi connectivity index (χ3n) is 5.24. The number of hydrogen-bond donors (Lipinski definition) is 0. The van der Waals surface area contributed by atoms with Crippen LogP contribution in [0.15, 0.2) is 0 Å². The van der Waals surface area contributed by atoms with Gasteiger partial charge in [0.2, 0.25) is 0 Å². The highest BCUT2D eigenvalue weighted by atomic mass is 16.7. The van der Waals surface area contributed by atoms with Gasteiger partial charge in [0.05, 0.1) is 19.3 Å². The van der Waals surface area contributed by atoms with Crippen LogP contribution in [-0.4, -0.2) is 31.1 Å². The van der Waals surface area contributed by atoms with Crippen molar-refractivity contribution in [2.24, 2.45) is 11.8 Å². The van der Waals surface area contributed by atoms with E-state index in [1.165, 1.54) is 26.4 Å². The van der Waals surface area contributed by atoms with Crippen molar-refractivity contribution in [3.05, 3.63) is 0 Å². The molecule has 0 aromatic rings. The van der Waals surface area contributed by atoms with Crippen molar-refractivity contribution < 1.29 is 19.0 Å². The van der Waals surface area contributed by atoms with E-state index in [2.05, 4.69) is 20.8 Å². The van der Waals surface area contributed by atoms with Crippen LogP contribution in [0.5, 0.6) is 0 Å². The summed E-state index contributed by atoms with van der Waals surface area (Å²) in [5.41, 5.74) is 0. The van der Waals surface area contributed by atoms with Gasteiger partial charge in [0, 0.05) is 18.8 Å². The van der Waals surface area contributed by atoms with E-state index in [1.807, 2.05) is 0 Å². The summed E-state index contributed by atoms with van der Waals surface area (Å²) in [5.74, 6) is 0.0494. The molecule has 0 aromatic heterocycles. The van der Waals surface area contributed by atoms with E-state index in [-0.39, 0.29) is 18.2 Å².